The summed E-state index contributed by atoms with van der Waals surface area (Å²) in [5.74, 6) is -0.468. The lowest BCUT2D eigenvalue weighted by atomic mass is 10.3. The Bertz CT molecular complexity index is 1260. The highest BCUT2D eigenvalue weighted by molar-refractivity contribution is 5.85. The van der Waals surface area contributed by atoms with E-state index < -0.39 is 5.97 Å². The second-order valence-corrected chi connectivity index (χ2v) is 6.28. The third kappa shape index (κ3) is 3.14. The van der Waals surface area contributed by atoms with Gasteiger partial charge in [-0.1, -0.05) is 6.07 Å². The van der Waals surface area contributed by atoms with E-state index in [-0.39, 0.29) is 18.0 Å². The molecule has 0 bridgehead atoms. The van der Waals surface area contributed by atoms with Gasteiger partial charge in [-0.15, -0.1) is 5.10 Å². The fourth-order valence-corrected chi connectivity index (χ4v) is 2.79. The smallest absolute Gasteiger partial charge is 0.378 e. The van der Waals surface area contributed by atoms with Gasteiger partial charge in [-0.05, 0) is 38.5 Å². The third-order valence-electron chi connectivity index (χ3n) is 4.01. The molecule has 4 rings (SSSR count). The zero-order valence-corrected chi connectivity index (χ0v) is 15.0. The van der Waals surface area contributed by atoms with Crippen LogP contribution in [-0.4, -0.2) is 34.9 Å². The maximum atomic E-state index is 12.3. The van der Waals surface area contributed by atoms with Crippen LogP contribution >= 0.6 is 0 Å². The van der Waals surface area contributed by atoms with Crippen molar-refractivity contribution in [3.8, 4) is 0 Å². The van der Waals surface area contributed by atoms with Gasteiger partial charge < -0.3 is 4.74 Å². The number of aryl methyl sites for hydroxylation is 3. The molecular formula is C18H16N6O3. The van der Waals surface area contributed by atoms with Crippen molar-refractivity contribution in [3.63, 3.8) is 0 Å². The van der Waals surface area contributed by atoms with Crippen molar-refractivity contribution >= 4 is 17.4 Å². The number of fused-ring (bicyclic) bond motifs is 2. The molecule has 0 aliphatic carbocycles. The van der Waals surface area contributed by atoms with Crippen molar-refractivity contribution in [3.05, 3.63) is 69.3 Å². The summed E-state index contributed by atoms with van der Waals surface area (Å²) >= 11 is 0. The Morgan fingerprint density at radius 1 is 1.11 bits per heavy atom. The van der Waals surface area contributed by atoms with Crippen molar-refractivity contribution in [1.82, 2.24) is 29.0 Å². The Hall–Kier alpha value is -3.62. The number of rotatable bonds is 3. The minimum Gasteiger partial charge on any atom is -0.453 e. The molecule has 9 nitrogen and oxygen atoms in total. The number of pyridine rings is 1. The van der Waals surface area contributed by atoms with Gasteiger partial charge in [0.15, 0.2) is 0 Å². The van der Waals surface area contributed by atoms with Gasteiger partial charge in [0, 0.05) is 23.7 Å². The molecule has 27 heavy (non-hydrogen) atoms. The van der Waals surface area contributed by atoms with Crippen molar-refractivity contribution in [2.75, 3.05) is 0 Å². The van der Waals surface area contributed by atoms with Gasteiger partial charge in [0.1, 0.15) is 12.3 Å². The summed E-state index contributed by atoms with van der Waals surface area (Å²) < 4.78 is 8.15. The number of hydrogen-bond acceptors (Lipinski definition) is 7. The topological polar surface area (TPSA) is 104 Å². The van der Waals surface area contributed by atoms with Gasteiger partial charge in [0.25, 0.3) is 17.2 Å². The van der Waals surface area contributed by atoms with Crippen molar-refractivity contribution < 1.29 is 9.53 Å². The fourth-order valence-electron chi connectivity index (χ4n) is 2.79. The maximum absolute atomic E-state index is 12.3. The summed E-state index contributed by atoms with van der Waals surface area (Å²) in [6.07, 6.45) is 1.71. The van der Waals surface area contributed by atoms with Gasteiger partial charge in [-0.2, -0.15) is 4.98 Å². The van der Waals surface area contributed by atoms with Crippen LogP contribution in [0, 0.1) is 20.8 Å². The summed E-state index contributed by atoms with van der Waals surface area (Å²) in [6, 6.07) is 6.77. The van der Waals surface area contributed by atoms with E-state index in [9.17, 15) is 9.59 Å². The molecule has 0 unspecified atom stereocenters. The standard InChI is InChI=1S/C18H16N6O3/c1-10-4-5-14-20-13(7-15(25)23(14)8-10)9-27-17(26)16-21-18-19-11(2)6-12(3)24(18)22-16/h4-8H,9H2,1-3H3. The molecule has 4 aromatic rings. The highest BCUT2D eigenvalue weighted by atomic mass is 16.5. The largest absolute Gasteiger partial charge is 0.453 e. The van der Waals surface area contributed by atoms with Crippen molar-refractivity contribution in [2.24, 2.45) is 0 Å². The van der Waals surface area contributed by atoms with Gasteiger partial charge in [0.05, 0.1) is 5.69 Å². The molecule has 0 aromatic carbocycles. The quantitative estimate of drug-likeness (QED) is 0.506. The van der Waals surface area contributed by atoms with Crippen LogP contribution in [0.5, 0.6) is 0 Å². The molecule has 0 aliphatic rings. The van der Waals surface area contributed by atoms with Gasteiger partial charge in [0.2, 0.25) is 0 Å². The minimum atomic E-state index is -0.705. The van der Waals surface area contributed by atoms with Crippen LogP contribution in [0.4, 0.5) is 0 Å². The van der Waals surface area contributed by atoms with E-state index in [1.165, 1.54) is 15.0 Å². The third-order valence-corrected chi connectivity index (χ3v) is 4.01. The van der Waals surface area contributed by atoms with Crippen LogP contribution in [0.25, 0.3) is 11.4 Å². The number of carbonyl (C=O) groups is 1. The first-order chi connectivity index (χ1) is 12.9. The van der Waals surface area contributed by atoms with E-state index >= 15 is 0 Å². The average molecular weight is 364 g/mol. The van der Waals surface area contributed by atoms with E-state index in [0.717, 1.165) is 17.0 Å². The Morgan fingerprint density at radius 3 is 2.74 bits per heavy atom. The van der Waals surface area contributed by atoms with Crippen LogP contribution in [-0.2, 0) is 11.3 Å². The summed E-state index contributed by atoms with van der Waals surface area (Å²) in [5.41, 5.74) is 3.14. The normalized spacial score (nSPS) is 11.2. The predicted octanol–water partition coefficient (Wildman–Crippen LogP) is 1.41. The fraction of sp³-hybridized carbons (Fsp3) is 0.222. The van der Waals surface area contributed by atoms with Crippen molar-refractivity contribution in [1.29, 1.82) is 0 Å². The van der Waals surface area contributed by atoms with Crippen LogP contribution in [0.2, 0.25) is 0 Å². The molecule has 4 heterocycles. The Labute approximate surface area is 153 Å². The summed E-state index contributed by atoms with van der Waals surface area (Å²) in [5, 5.41) is 4.13. The van der Waals surface area contributed by atoms with Crippen LogP contribution in [0.15, 0.2) is 35.3 Å². The van der Waals surface area contributed by atoms with Crippen LogP contribution in [0.1, 0.15) is 33.3 Å². The zero-order chi connectivity index (χ0) is 19.1. The van der Waals surface area contributed by atoms with Gasteiger partial charge in [-0.3, -0.25) is 9.20 Å². The maximum Gasteiger partial charge on any atom is 0.378 e. The molecule has 0 N–H and O–H groups in total. The molecule has 0 fully saturated rings. The lowest BCUT2D eigenvalue weighted by Gasteiger charge is -2.05. The first-order valence-corrected chi connectivity index (χ1v) is 8.28. The SMILES string of the molecule is Cc1ccc2nc(COC(=O)c3nc4nc(C)cc(C)n4n3)cc(=O)n2c1. The number of esters is 1. The zero-order valence-electron chi connectivity index (χ0n) is 15.0. The van der Waals surface area contributed by atoms with E-state index in [1.54, 1.807) is 12.3 Å². The number of aromatic nitrogens is 6. The molecule has 0 saturated heterocycles. The first kappa shape index (κ1) is 16.8. The summed E-state index contributed by atoms with van der Waals surface area (Å²) in [7, 11) is 0. The van der Waals surface area contributed by atoms with E-state index in [0.29, 0.717) is 17.1 Å². The molecule has 0 spiro atoms. The lowest BCUT2D eigenvalue weighted by Crippen LogP contribution is -2.17. The van der Waals surface area contributed by atoms with Crippen LogP contribution < -0.4 is 5.56 Å². The van der Waals surface area contributed by atoms with Gasteiger partial charge in [-0.25, -0.2) is 19.3 Å². The molecule has 136 valence electrons. The Morgan fingerprint density at radius 2 is 1.93 bits per heavy atom. The highest BCUT2D eigenvalue weighted by Crippen LogP contribution is 2.08. The monoisotopic (exact) mass is 364 g/mol. The summed E-state index contributed by atoms with van der Waals surface area (Å²) in [6.45, 7) is 5.42. The van der Waals surface area contributed by atoms with Gasteiger partial charge >= 0.3 is 5.97 Å². The minimum absolute atomic E-state index is 0.0932. The van der Waals surface area contributed by atoms with Crippen molar-refractivity contribution in [2.45, 2.75) is 27.4 Å². The average Bonchev–Trinajstić information content (AvgIpc) is 3.05. The number of carbonyl (C=O) groups excluding carboxylic acids is 1. The van der Waals surface area contributed by atoms with E-state index in [4.69, 9.17) is 4.74 Å². The lowest BCUT2D eigenvalue weighted by molar-refractivity contribution is 0.0453. The molecule has 0 saturated carbocycles. The Balaban J connectivity index is 1.57. The predicted molar refractivity (Wildman–Crippen MR) is 95.6 cm³/mol. The number of ether oxygens (including phenoxy) is 1. The molecule has 4 aromatic heterocycles. The number of hydrogen-bond donors (Lipinski definition) is 0. The molecule has 0 amide bonds. The molecule has 0 atom stereocenters. The molecule has 9 heteroatoms. The highest BCUT2D eigenvalue weighted by Gasteiger charge is 2.17. The first-order valence-electron chi connectivity index (χ1n) is 8.28. The number of nitrogens with zero attached hydrogens (tertiary/aromatic N) is 6. The Kier molecular flexibility index (Phi) is 3.91. The van der Waals surface area contributed by atoms with E-state index in [1.807, 2.05) is 32.9 Å². The molecular weight excluding hydrogens is 348 g/mol. The van der Waals surface area contributed by atoms with E-state index in [2.05, 4.69) is 20.1 Å². The summed E-state index contributed by atoms with van der Waals surface area (Å²) in [4.78, 5) is 37.2. The molecule has 0 aliphatic heterocycles. The molecule has 0 radical (unpaired) electrons. The second kappa shape index (κ2) is 6.27. The van der Waals surface area contributed by atoms with Crippen LogP contribution in [0.3, 0.4) is 0 Å². The second-order valence-electron chi connectivity index (χ2n) is 6.28.